The van der Waals surface area contributed by atoms with Crippen LogP contribution in [0, 0.1) is 0 Å². The first-order valence-corrected chi connectivity index (χ1v) is 5.14. The summed E-state index contributed by atoms with van der Waals surface area (Å²) in [6, 6.07) is 5.65. The number of benzene rings is 1. The number of rotatable bonds is 4. The molecule has 1 atom stereocenters. The number of ether oxygens (including phenoxy) is 1. The van der Waals surface area contributed by atoms with Crippen LogP contribution in [0.3, 0.4) is 0 Å². The quantitative estimate of drug-likeness (QED) is 0.795. The highest BCUT2D eigenvalue weighted by Crippen LogP contribution is 2.31. The van der Waals surface area contributed by atoms with Gasteiger partial charge in [-0.25, -0.2) is 0 Å². The second-order valence-electron chi connectivity index (χ2n) is 3.45. The number of likely N-dealkylation sites (N-methyl/N-ethyl adjacent to an activating group) is 1. The molecule has 3 heteroatoms. The summed E-state index contributed by atoms with van der Waals surface area (Å²) in [6.07, 6.45) is 0. The summed E-state index contributed by atoms with van der Waals surface area (Å²) in [5.41, 5.74) is 2.04. The molecule has 0 aliphatic heterocycles. The zero-order valence-corrected chi connectivity index (χ0v) is 10.1. The SMILES string of the molecule is C=C(C)C(NC)c1cc(Cl)ccc1OC. The van der Waals surface area contributed by atoms with Crippen LogP contribution in [0.1, 0.15) is 18.5 Å². The van der Waals surface area contributed by atoms with E-state index in [-0.39, 0.29) is 6.04 Å². The molecule has 1 rings (SSSR count). The van der Waals surface area contributed by atoms with Crippen molar-refractivity contribution in [3.8, 4) is 5.75 Å². The van der Waals surface area contributed by atoms with Crippen molar-refractivity contribution in [2.75, 3.05) is 14.2 Å². The summed E-state index contributed by atoms with van der Waals surface area (Å²) in [5, 5.41) is 3.88. The largest absolute Gasteiger partial charge is 0.496 e. The standard InChI is InChI=1S/C12H16ClNO/c1-8(2)12(14-3)10-7-9(13)5-6-11(10)15-4/h5-7,12,14H,1H2,2-4H3. The molecule has 0 aliphatic rings. The molecule has 1 unspecified atom stereocenters. The summed E-state index contributed by atoms with van der Waals surface area (Å²) in [5.74, 6) is 0.821. The molecule has 0 amide bonds. The third-order valence-electron chi connectivity index (χ3n) is 2.28. The van der Waals surface area contributed by atoms with E-state index in [0.717, 1.165) is 16.9 Å². The molecule has 2 nitrogen and oxygen atoms in total. The lowest BCUT2D eigenvalue weighted by Crippen LogP contribution is -2.17. The van der Waals surface area contributed by atoms with E-state index >= 15 is 0 Å². The van der Waals surface area contributed by atoms with Gasteiger partial charge in [0.05, 0.1) is 13.2 Å². The Labute approximate surface area is 95.9 Å². The minimum absolute atomic E-state index is 0.0682. The number of nitrogens with one attached hydrogen (secondary N) is 1. The van der Waals surface area contributed by atoms with Crippen LogP contribution in [-0.4, -0.2) is 14.2 Å². The first kappa shape index (κ1) is 12.1. The van der Waals surface area contributed by atoms with Gasteiger partial charge in [-0.3, -0.25) is 0 Å². The van der Waals surface area contributed by atoms with Gasteiger partial charge in [-0.05, 0) is 32.2 Å². The van der Waals surface area contributed by atoms with Crippen LogP contribution in [0.5, 0.6) is 5.75 Å². The van der Waals surface area contributed by atoms with Crippen molar-refractivity contribution in [1.29, 1.82) is 0 Å². The molecule has 0 heterocycles. The van der Waals surface area contributed by atoms with Crippen LogP contribution in [0.25, 0.3) is 0 Å². The van der Waals surface area contributed by atoms with Gasteiger partial charge in [-0.1, -0.05) is 23.8 Å². The van der Waals surface area contributed by atoms with Crippen molar-refractivity contribution >= 4 is 11.6 Å². The molecule has 1 aromatic carbocycles. The van der Waals surface area contributed by atoms with E-state index < -0.39 is 0 Å². The molecule has 1 N–H and O–H groups in total. The topological polar surface area (TPSA) is 21.3 Å². The fourth-order valence-electron chi connectivity index (χ4n) is 1.60. The van der Waals surface area contributed by atoms with Crippen molar-refractivity contribution in [2.24, 2.45) is 0 Å². The minimum atomic E-state index is 0.0682. The Morgan fingerprint density at radius 2 is 2.20 bits per heavy atom. The Kier molecular flexibility index (Phi) is 4.18. The highest BCUT2D eigenvalue weighted by atomic mass is 35.5. The lowest BCUT2D eigenvalue weighted by molar-refractivity contribution is 0.405. The van der Waals surface area contributed by atoms with E-state index in [1.165, 1.54) is 0 Å². The predicted octanol–water partition coefficient (Wildman–Crippen LogP) is 3.19. The monoisotopic (exact) mass is 225 g/mol. The third kappa shape index (κ3) is 2.74. The maximum atomic E-state index is 5.97. The Bertz CT molecular complexity index is 363. The summed E-state index contributed by atoms with van der Waals surface area (Å²) in [4.78, 5) is 0. The number of hydrogen-bond donors (Lipinski definition) is 1. The zero-order chi connectivity index (χ0) is 11.4. The Balaban J connectivity index is 3.19. The van der Waals surface area contributed by atoms with Gasteiger partial charge >= 0.3 is 0 Å². The van der Waals surface area contributed by atoms with Gasteiger partial charge in [0.15, 0.2) is 0 Å². The molecule has 82 valence electrons. The van der Waals surface area contributed by atoms with Gasteiger partial charge < -0.3 is 10.1 Å². The molecule has 1 aromatic rings. The lowest BCUT2D eigenvalue weighted by atomic mass is 10.0. The van der Waals surface area contributed by atoms with Crippen molar-refractivity contribution in [1.82, 2.24) is 5.32 Å². The molecule has 0 radical (unpaired) electrons. The average molecular weight is 226 g/mol. The van der Waals surface area contributed by atoms with Gasteiger partial charge in [0.25, 0.3) is 0 Å². The van der Waals surface area contributed by atoms with E-state index in [1.54, 1.807) is 7.11 Å². The van der Waals surface area contributed by atoms with E-state index in [0.29, 0.717) is 5.02 Å². The fraction of sp³-hybridized carbons (Fsp3) is 0.333. The first-order valence-electron chi connectivity index (χ1n) is 4.76. The van der Waals surface area contributed by atoms with E-state index in [1.807, 2.05) is 32.2 Å². The van der Waals surface area contributed by atoms with Crippen molar-refractivity contribution in [3.05, 3.63) is 40.9 Å². The predicted molar refractivity (Wildman–Crippen MR) is 64.6 cm³/mol. The second-order valence-corrected chi connectivity index (χ2v) is 3.89. The van der Waals surface area contributed by atoms with Crippen molar-refractivity contribution in [3.63, 3.8) is 0 Å². The molecular weight excluding hydrogens is 210 g/mol. The summed E-state index contributed by atoms with van der Waals surface area (Å²) in [6.45, 7) is 5.92. The molecular formula is C12H16ClNO. The van der Waals surface area contributed by atoms with Crippen LogP contribution in [0.2, 0.25) is 5.02 Å². The number of hydrogen-bond acceptors (Lipinski definition) is 2. The van der Waals surface area contributed by atoms with Gasteiger partial charge in [0.1, 0.15) is 5.75 Å². The molecule has 0 saturated carbocycles. The van der Waals surface area contributed by atoms with Crippen LogP contribution >= 0.6 is 11.6 Å². The van der Waals surface area contributed by atoms with Crippen LogP contribution in [0.4, 0.5) is 0 Å². The Hall–Kier alpha value is -0.990. The number of methoxy groups -OCH3 is 1. The maximum absolute atomic E-state index is 5.97. The first-order chi connectivity index (χ1) is 7.10. The second kappa shape index (κ2) is 5.19. The smallest absolute Gasteiger partial charge is 0.124 e. The molecule has 15 heavy (non-hydrogen) atoms. The third-order valence-corrected chi connectivity index (χ3v) is 2.52. The molecule has 0 spiro atoms. The van der Waals surface area contributed by atoms with Crippen LogP contribution in [-0.2, 0) is 0 Å². The Morgan fingerprint density at radius 1 is 1.53 bits per heavy atom. The van der Waals surface area contributed by atoms with E-state index in [9.17, 15) is 0 Å². The minimum Gasteiger partial charge on any atom is -0.496 e. The summed E-state index contributed by atoms with van der Waals surface area (Å²) < 4.78 is 5.29. The van der Waals surface area contributed by atoms with Gasteiger partial charge in [-0.15, -0.1) is 0 Å². The van der Waals surface area contributed by atoms with Crippen molar-refractivity contribution < 1.29 is 4.74 Å². The van der Waals surface area contributed by atoms with Crippen LogP contribution < -0.4 is 10.1 Å². The molecule has 0 saturated heterocycles. The van der Waals surface area contributed by atoms with Crippen LogP contribution in [0.15, 0.2) is 30.4 Å². The fourth-order valence-corrected chi connectivity index (χ4v) is 1.78. The summed E-state index contributed by atoms with van der Waals surface area (Å²) in [7, 11) is 3.54. The van der Waals surface area contributed by atoms with Gasteiger partial charge in [-0.2, -0.15) is 0 Å². The van der Waals surface area contributed by atoms with E-state index in [4.69, 9.17) is 16.3 Å². The average Bonchev–Trinajstić information content (AvgIpc) is 2.18. The van der Waals surface area contributed by atoms with Gasteiger partial charge in [0.2, 0.25) is 0 Å². The normalized spacial score (nSPS) is 12.3. The molecule has 0 fully saturated rings. The highest BCUT2D eigenvalue weighted by Gasteiger charge is 2.15. The maximum Gasteiger partial charge on any atom is 0.124 e. The molecule has 0 aliphatic carbocycles. The van der Waals surface area contributed by atoms with E-state index in [2.05, 4.69) is 11.9 Å². The van der Waals surface area contributed by atoms with Gasteiger partial charge in [0, 0.05) is 10.6 Å². The molecule has 0 bridgehead atoms. The zero-order valence-electron chi connectivity index (χ0n) is 9.30. The highest BCUT2D eigenvalue weighted by molar-refractivity contribution is 6.30. The van der Waals surface area contributed by atoms with Crippen molar-refractivity contribution in [2.45, 2.75) is 13.0 Å². The Morgan fingerprint density at radius 3 is 2.67 bits per heavy atom. The lowest BCUT2D eigenvalue weighted by Gasteiger charge is -2.19. The summed E-state index contributed by atoms with van der Waals surface area (Å²) >= 11 is 5.97. The number of halogens is 1. The molecule has 0 aromatic heterocycles.